The number of halogens is 2. The molecule has 0 saturated carbocycles. The Kier molecular flexibility index (Phi) is 3.82. The first kappa shape index (κ1) is 12.4. The summed E-state index contributed by atoms with van der Waals surface area (Å²) in [6, 6.07) is 11.7. The number of azide groups is 1. The van der Waals surface area contributed by atoms with E-state index in [9.17, 15) is 4.39 Å². The third-order valence-electron chi connectivity index (χ3n) is 2.43. The Hall–Kier alpha value is -2.03. The van der Waals surface area contributed by atoms with Crippen molar-refractivity contribution in [1.29, 1.82) is 0 Å². The average Bonchev–Trinajstić information content (AvgIpc) is 2.36. The largest absolute Gasteiger partial charge is 0.207 e. The maximum Gasteiger partial charge on any atom is 0.124 e. The first-order valence-corrected chi connectivity index (χ1v) is 5.63. The van der Waals surface area contributed by atoms with Gasteiger partial charge in [0, 0.05) is 9.93 Å². The first-order valence-electron chi connectivity index (χ1n) is 5.25. The molecule has 2 aromatic carbocycles. The Morgan fingerprint density at radius 2 is 2.00 bits per heavy atom. The summed E-state index contributed by atoms with van der Waals surface area (Å²) < 4.78 is 13.5. The van der Waals surface area contributed by atoms with E-state index in [1.807, 2.05) is 6.07 Å². The molecule has 2 rings (SSSR count). The van der Waals surface area contributed by atoms with Crippen molar-refractivity contribution in [2.75, 3.05) is 0 Å². The van der Waals surface area contributed by atoms with Crippen molar-refractivity contribution in [2.24, 2.45) is 5.11 Å². The van der Waals surface area contributed by atoms with E-state index in [-0.39, 0.29) is 12.4 Å². The third-order valence-corrected chi connectivity index (χ3v) is 2.67. The fourth-order valence-electron chi connectivity index (χ4n) is 1.69. The van der Waals surface area contributed by atoms with Gasteiger partial charge in [0.15, 0.2) is 0 Å². The van der Waals surface area contributed by atoms with Crippen molar-refractivity contribution >= 4 is 11.6 Å². The zero-order valence-corrected chi connectivity index (χ0v) is 10.1. The number of rotatable bonds is 3. The lowest BCUT2D eigenvalue weighted by molar-refractivity contribution is 0.626. The number of hydrogen-bond donors (Lipinski definition) is 0. The van der Waals surface area contributed by atoms with Crippen LogP contribution in [0, 0.1) is 5.82 Å². The molecule has 0 amide bonds. The minimum atomic E-state index is -0.365. The molecule has 0 radical (unpaired) electrons. The highest BCUT2D eigenvalue weighted by atomic mass is 35.5. The van der Waals surface area contributed by atoms with Crippen LogP contribution in [0.25, 0.3) is 21.6 Å². The Balaban J connectivity index is 2.44. The zero-order valence-electron chi connectivity index (χ0n) is 9.35. The summed E-state index contributed by atoms with van der Waals surface area (Å²) in [7, 11) is 0. The van der Waals surface area contributed by atoms with E-state index < -0.39 is 0 Å². The van der Waals surface area contributed by atoms with E-state index in [2.05, 4.69) is 10.0 Å². The average molecular weight is 262 g/mol. The Labute approximate surface area is 108 Å². The molecule has 0 N–H and O–H groups in total. The van der Waals surface area contributed by atoms with Crippen LogP contribution in [0.5, 0.6) is 0 Å². The molecular weight excluding hydrogens is 253 g/mol. The monoisotopic (exact) mass is 261 g/mol. The van der Waals surface area contributed by atoms with Crippen LogP contribution < -0.4 is 0 Å². The third kappa shape index (κ3) is 3.00. The summed E-state index contributed by atoms with van der Waals surface area (Å²) >= 11 is 5.90. The molecular formula is C13H9ClFN3. The Morgan fingerprint density at radius 3 is 2.72 bits per heavy atom. The molecule has 0 saturated heterocycles. The van der Waals surface area contributed by atoms with Crippen molar-refractivity contribution in [1.82, 2.24) is 0 Å². The van der Waals surface area contributed by atoms with Crippen LogP contribution in [0.1, 0.15) is 5.56 Å². The summed E-state index contributed by atoms with van der Waals surface area (Å²) in [6.45, 7) is 0.127. The van der Waals surface area contributed by atoms with Crippen LogP contribution in [-0.2, 0) is 6.54 Å². The molecule has 0 aliphatic heterocycles. The van der Waals surface area contributed by atoms with Crippen LogP contribution in [0.4, 0.5) is 4.39 Å². The molecule has 0 unspecified atom stereocenters. The molecule has 0 atom stereocenters. The van der Waals surface area contributed by atoms with Crippen LogP contribution in [-0.4, -0.2) is 0 Å². The predicted octanol–water partition coefficient (Wildman–Crippen LogP) is 4.96. The topological polar surface area (TPSA) is 48.8 Å². The highest BCUT2D eigenvalue weighted by Crippen LogP contribution is 2.25. The second-order valence-corrected chi connectivity index (χ2v) is 4.18. The number of hydrogen-bond acceptors (Lipinski definition) is 1. The van der Waals surface area contributed by atoms with Gasteiger partial charge in [-0.15, -0.1) is 0 Å². The van der Waals surface area contributed by atoms with Gasteiger partial charge in [0.1, 0.15) is 5.82 Å². The smallest absolute Gasteiger partial charge is 0.124 e. The minimum absolute atomic E-state index is 0.127. The van der Waals surface area contributed by atoms with Crippen LogP contribution in [0.2, 0.25) is 5.02 Å². The van der Waals surface area contributed by atoms with Crippen molar-refractivity contribution in [3.63, 3.8) is 0 Å². The van der Waals surface area contributed by atoms with Gasteiger partial charge < -0.3 is 0 Å². The molecule has 5 heteroatoms. The molecule has 0 bridgehead atoms. The fraction of sp³-hybridized carbons (Fsp3) is 0.0769. The van der Waals surface area contributed by atoms with Crippen LogP contribution >= 0.6 is 11.6 Å². The van der Waals surface area contributed by atoms with E-state index in [1.165, 1.54) is 12.1 Å². The molecule has 0 aliphatic carbocycles. The van der Waals surface area contributed by atoms with Gasteiger partial charge >= 0.3 is 0 Å². The summed E-state index contributed by atoms with van der Waals surface area (Å²) in [6.07, 6.45) is 0. The van der Waals surface area contributed by atoms with Gasteiger partial charge in [-0.2, -0.15) is 0 Å². The molecule has 3 nitrogen and oxygen atoms in total. The van der Waals surface area contributed by atoms with Crippen molar-refractivity contribution in [3.8, 4) is 11.1 Å². The van der Waals surface area contributed by atoms with Crippen molar-refractivity contribution < 1.29 is 4.39 Å². The fourth-order valence-corrected chi connectivity index (χ4v) is 1.88. The molecule has 0 aliphatic rings. The van der Waals surface area contributed by atoms with Gasteiger partial charge in [-0.3, -0.25) is 0 Å². The predicted molar refractivity (Wildman–Crippen MR) is 69.7 cm³/mol. The summed E-state index contributed by atoms with van der Waals surface area (Å²) in [4.78, 5) is 2.66. The van der Waals surface area contributed by atoms with E-state index in [4.69, 9.17) is 17.1 Å². The minimum Gasteiger partial charge on any atom is -0.207 e. The van der Waals surface area contributed by atoms with Gasteiger partial charge in [-0.05, 0) is 46.5 Å². The number of benzene rings is 2. The van der Waals surface area contributed by atoms with E-state index in [0.717, 1.165) is 5.56 Å². The Morgan fingerprint density at radius 1 is 1.17 bits per heavy atom. The van der Waals surface area contributed by atoms with Gasteiger partial charge in [0.05, 0.1) is 6.54 Å². The second kappa shape index (κ2) is 5.54. The summed E-state index contributed by atoms with van der Waals surface area (Å²) in [5.41, 5.74) is 10.4. The van der Waals surface area contributed by atoms with Gasteiger partial charge in [-0.25, -0.2) is 4.39 Å². The molecule has 0 fully saturated rings. The summed E-state index contributed by atoms with van der Waals surface area (Å²) in [5, 5.41) is 4.01. The highest BCUT2D eigenvalue weighted by molar-refractivity contribution is 6.30. The first-order chi connectivity index (χ1) is 8.69. The lowest BCUT2D eigenvalue weighted by Gasteiger charge is -2.05. The van der Waals surface area contributed by atoms with Gasteiger partial charge in [0.2, 0.25) is 0 Å². The van der Waals surface area contributed by atoms with Crippen LogP contribution in [0.3, 0.4) is 0 Å². The Bertz CT molecular complexity index is 621. The molecule has 0 aromatic heterocycles. The highest BCUT2D eigenvalue weighted by Gasteiger charge is 2.03. The van der Waals surface area contributed by atoms with Gasteiger partial charge in [0.25, 0.3) is 0 Å². The molecule has 2 aromatic rings. The maximum absolute atomic E-state index is 13.5. The van der Waals surface area contributed by atoms with Crippen LogP contribution in [0.15, 0.2) is 47.6 Å². The lowest BCUT2D eigenvalue weighted by atomic mass is 10.0. The summed E-state index contributed by atoms with van der Waals surface area (Å²) in [5.74, 6) is -0.365. The molecule has 0 spiro atoms. The lowest BCUT2D eigenvalue weighted by Crippen LogP contribution is -1.87. The molecule has 90 valence electrons. The van der Waals surface area contributed by atoms with Gasteiger partial charge in [-0.1, -0.05) is 34.9 Å². The zero-order chi connectivity index (χ0) is 13.0. The standard InChI is InChI=1S/C13H9ClFN3/c14-12-3-1-2-10(6-12)11-4-9(8-17-18-16)5-13(15)7-11/h1-7H,8H2. The molecule has 0 heterocycles. The van der Waals surface area contributed by atoms with E-state index in [1.54, 1.807) is 24.3 Å². The SMILES string of the molecule is [N-]=[N+]=NCc1cc(F)cc(-c2cccc(Cl)c2)c1. The maximum atomic E-state index is 13.5. The molecule has 18 heavy (non-hydrogen) atoms. The van der Waals surface area contributed by atoms with Crippen molar-refractivity contribution in [2.45, 2.75) is 6.54 Å². The number of nitrogens with zero attached hydrogens (tertiary/aromatic N) is 3. The van der Waals surface area contributed by atoms with E-state index in [0.29, 0.717) is 16.1 Å². The van der Waals surface area contributed by atoms with E-state index >= 15 is 0 Å². The van der Waals surface area contributed by atoms with Crippen molar-refractivity contribution in [3.05, 3.63) is 69.3 Å². The quantitative estimate of drug-likeness (QED) is 0.426. The normalized spacial score (nSPS) is 9.89. The second-order valence-electron chi connectivity index (χ2n) is 3.75.